The van der Waals surface area contributed by atoms with Gasteiger partial charge in [-0.05, 0) is 43.4 Å². The van der Waals surface area contributed by atoms with Crippen molar-refractivity contribution in [1.82, 2.24) is 9.88 Å². The van der Waals surface area contributed by atoms with E-state index >= 15 is 0 Å². The van der Waals surface area contributed by atoms with Crippen molar-refractivity contribution in [1.29, 1.82) is 0 Å². The zero-order valence-corrected chi connectivity index (χ0v) is 18.6. The van der Waals surface area contributed by atoms with Crippen LogP contribution in [0.5, 0.6) is 5.19 Å². The molecule has 1 saturated heterocycles. The van der Waals surface area contributed by atoms with Crippen molar-refractivity contribution in [3.05, 3.63) is 53.8 Å². The van der Waals surface area contributed by atoms with E-state index in [2.05, 4.69) is 36.2 Å². The van der Waals surface area contributed by atoms with Crippen molar-refractivity contribution < 1.29 is 13.9 Å². The molecule has 0 spiro atoms. The first-order valence-electron chi connectivity index (χ1n) is 10.3. The number of benzene rings is 2. The van der Waals surface area contributed by atoms with Gasteiger partial charge in [-0.3, -0.25) is 4.79 Å². The first kappa shape index (κ1) is 21.1. The molecule has 0 bridgehead atoms. The third-order valence-electron chi connectivity index (χ3n) is 5.24. The molecule has 4 rings (SSSR count). The summed E-state index contributed by atoms with van der Waals surface area (Å²) in [6.07, 6.45) is 3.05. The third-order valence-corrected chi connectivity index (χ3v) is 7.25. The van der Waals surface area contributed by atoms with Crippen molar-refractivity contribution in [2.75, 3.05) is 18.8 Å². The number of nitrogens with zero attached hydrogens (tertiary/aromatic N) is 2. The van der Waals surface area contributed by atoms with E-state index in [1.165, 1.54) is 27.9 Å². The normalized spacial score (nSPS) is 14.9. The number of carbonyl (C=O) groups is 1. The molecule has 1 aliphatic heterocycles. The van der Waals surface area contributed by atoms with Crippen LogP contribution in [0.3, 0.4) is 0 Å². The Morgan fingerprint density at radius 1 is 1.23 bits per heavy atom. The van der Waals surface area contributed by atoms with Gasteiger partial charge in [0, 0.05) is 37.2 Å². The standard InChI is InChI=1S/C23H25FN2O2S2/c1-16-7-9-18(10-8-16)29-15-3-6-21(27)26-13-11-17(12-14-26)28-23-25-22-19(24)4-2-5-20(22)30-23/h2,4-5,7-10,17H,3,6,11-15H2,1H3. The van der Waals surface area contributed by atoms with Gasteiger partial charge < -0.3 is 9.64 Å². The number of rotatable bonds is 7. The monoisotopic (exact) mass is 444 g/mol. The number of hydrogen-bond acceptors (Lipinski definition) is 5. The van der Waals surface area contributed by atoms with Gasteiger partial charge in [-0.15, -0.1) is 11.8 Å². The number of thioether (sulfide) groups is 1. The second-order valence-electron chi connectivity index (χ2n) is 7.53. The molecule has 158 valence electrons. The number of aryl methyl sites for hydroxylation is 1. The molecule has 3 aromatic rings. The van der Waals surface area contributed by atoms with Gasteiger partial charge >= 0.3 is 0 Å². The van der Waals surface area contributed by atoms with E-state index in [0.717, 1.165) is 29.7 Å². The maximum Gasteiger partial charge on any atom is 0.274 e. The van der Waals surface area contributed by atoms with Gasteiger partial charge in [-0.25, -0.2) is 4.39 Å². The molecule has 30 heavy (non-hydrogen) atoms. The Balaban J connectivity index is 1.18. The number of fused-ring (bicyclic) bond motifs is 1. The number of carbonyl (C=O) groups excluding carboxylic acids is 1. The van der Waals surface area contributed by atoms with Gasteiger partial charge in [0.05, 0.1) is 4.70 Å². The highest BCUT2D eigenvalue weighted by Gasteiger charge is 2.24. The van der Waals surface area contributed by atoms with Crippen LogP contribution >= 0.6 is 23.1 Å². The number of likely N-dealkylation sites (tertiary alicyclic amines) is 1. The van der Waals surface area contributed by atoms with Crippen molar-refractivity contribution in [2.24, 2.45) is 0 Å². The topological polar surface area (TPSA) is 42.4 Å². The molecule has 0 saturated carbocycles. The van der Waals surface area contributed by atoms with Crippen LogP contribution in [-0.2, 0) is 4.79 Å². The number of para-hydroxylation sites is 1. The lowest BCUT2D eigenvalue weighted by molar-refractivity contribution is -0.133. The van der Waals surface area contributed by atoms with E-state index in [1.807, 2.05) is 11.0 Å². The zero-order chi connectivity index (χ0) is 20.9. The van der Waals surface area contributed by atoms with Crippen LogP contribution in [0.1, 0.15) is 31.2 Å². The highest BCUT2D eigenvalue weighted by molar-refractivity contribution is 7.99. The van der Waals surface area contributed by atoms with Crippen LogP contribution in [0.4, 0.5) is 4.39 Å². The average molecular weight is 445 g/mol. The van der Waals surface area contributed by atoms with E-state index in [-0.39, 0.29) is 17.8 Å². The Morgan fingerprint density at radius 2 is 2.00 bits per heavy atom. The number of piperidine rings is 1. The van der Waals surface area contributed by atoms with Crippen molar-refractivity contribution in [3.63, 3.8) is 0 Å². The molecular formula is C23H25FN2O2S2. The van der Waals surface area contributed by atoms with E-state index in [0.29, 0.717) is 30.2 Å². The quantitative estimate of drug-likeness (QED) is 0.347. The number of amides is 1. The van der Waals surface area contributed by atoms with E-state index in [4.69, 9.17) is 4.74 Å². The van der Waals surface area contributed by atoms with Crippen LogP contribution in [-0.4, -0.2) is 40.7 Å². The Bertz CT molecular complexity index is 998. The van der Waals surface area contributed by atoms with E-state index in [1.54, 1.807) is 17.8 Å². The molecule has 0 atom stereocenters. The summed E-state index contributed by atoms with van der Waals surface area (Å²) in [5.74, 6) is 0.849. The first-order valence-corrected chi connectivity index (χ1v) is 12.1. The molecule has 1 amide bonds. The molecular weight excluding hydrogens is 419 g/mol. The predicted molar refractivity (Wildman–Crippen MR) is 121 cm³/mol. The summed E-state index contributed by atoms with van der Waals surface area (Å²) in [5.41, 5.74) is 1.63. The smallest absolute Gasteiger partial charge is 0.274 e. The number of halogens is 1. The van der Waals surface area contributed by atoms with Crippen molar-refractivity contribution in [2.45, 2.75) is 43.6 Å². The number of ether oxygens (including phenoxy) is 1. The van der Waals surface area contributed by atoms with Gasteiger partial charge in [-0.2, -0.15) is 4.98 Å². The van der Waals surface area contributed by atoms with Crippen molar-refractivity contribution >= 4 is 39.2 Å². The lowest BCUT2D eigenvalue weighted by Crippen LogP contribution is -2.41. The molecule has 0 aliphatic carbocycles. The van der Waals surface area contributed by atoms with Crippen LogP contribution in [0.15, 0.2) is 47.4 Å². The molecule has 4 nitrogen and oxygen atoms in total. The largest absolute Gasteiger partial charge is 0.467 e. The molecule has 1 aliphatic rings. The summed E-state index contributed by atoms with van der Waals surface area (Å²) < 4.78 is 20.6. The lowest BCUT2D eigenvalue weighted by atomic mass is 10.1. The molecule has 2 heterocycles. The zero-order valence-electron chi connectivity index (χ0n) is 17.0. The second kappa shape index (κ2) is 9.79. The van der Waals surface area contributed by atoms with Crippen LogP contribution in [0.2, 0.25) is 0 Å². The molecule has 7 heteroatoms. The first-order chi connectivity index (χ1) is 14.6. The summed E-state index contributed by atoms with van der Waals surface area (Å²) in [4.78, 5) is 20.0. The number of aromatic nitrogens is 1. The summed E-state index contributed by atoms with van der Waals surface area (Å²) in [5, 5.41) is 0.507. The molecule has 0 unspecified atom stereocenters. The predicted octanol–water partition coefficient (Wildman–Crippen LogP) is 5.69. The molecule has 0 radical (unpaired) electrons. The minimum Gasteiger partial charge on any atom is -0.467 e. The third kappa shape index (κ3) is 5.32. The Morgan fingerprint density at radius 3 is 2.73 bits per heavy atom. The Hall–Kier alpha value is -2.12. The van der Waals surface area contributed by atoms with Gasteiger partial charge in [0.1, 0.15) is 17.4 Å². The molecule has 1 fully saturated rings. The summed E-state index contributed by atoms with van der Waals surface area (Å²) >= 11 is 3.17. The SMILES string of the molecule is Cc1ccc(SCCCC(=O)N2CCC(Oc3nc4c(F)cccc4s3)CC2)cc1. The summed E-state index contributed by atoms with van der Waals surface area (Å²) in [6.45, 7) is 3.49. The highest BCUT2D eigenvalue weighted by atomic mass is 32.2. The van der Waals surface area contributed by atoms with E-state index < -0.39 is 0 Å². The summed E-state index contributed by atoms with van der Waals surface area (Å²) in [7, 11) is 0. The fourth-order valence-electron chi connectivity index (χ4n) is 3.52. The van der Waals surface area contributed by atoms with Gasteiger partial charge in [0.15, 0.2) is 0 Å². The highest BCUT2D eigenvalue weighted by Crippen LogP contribution is 2.31. The van der Waals surface area contributed by atoms with Gasteiger partial charge in [0.25, 0.3) is 5.19 Å². The Kier molecular flexibility index (Phi) is 6.89. The fourth-order valence-corrected chi connectivity index (χ4v) is 5.27. The molecule has 0 N–H and O–H groups in total. The van der Waals surface area contributed by atoms with E-state index in [9.17, 15) is 9.18 Å². The second-order valence-corrected chi connectivity index (χ2v) is 9.69. The number of hydrogen-bond donors (Lipinski definition) is 0. The van der Waals surface area contributed by atoms with Crippen LogP contribution in [0.25, 0.3) is 10.2 Å². The maximum absolute atomic E-state index is 13.8. The van der Waals surface area contributed by atoms with Crippen molar-refractivity contribution in [3.8, 4) is 5.19 Å². The summed E-state index contributed by atoms with van der Waals surface area (Å²) in [6, 6.07) is 13.4. The number of thiazole rings is 1. The van der Waals surface area contributed by atoms with Crippen LogP contribution < -0.4 is 4.74 Å². The minimum atomic E-state index is -0.320. The van der Waals surface area contributed by atoms with Gasteiger partial charge in [0.2, 0.25) is 5.91 Å². The van der Waals surface area contributed by atoms with Crippen LogP contribution in [0, 0.1) is 12.7 Å². The lowest BCUT2D eigenvalue weighted by Gasteiger charge is -2.31. The Labute approximate surface area is 184 Å². The fraction of sp³-hybridized carbons (Fsp3) is 0.391. The minimum absolute atomic E-state index is 0.0229. The van der Waals surface area contributed by atoms with Gasteiger partial charge in [-0.1, -0.05) is 35.1 Å². The molecule has 2 aromatic carbocycles. The molecule has 1 aromatic heterocycles. The maximum atomic E-state index is 13.8. The average Bonchev–Trinajstić information content (AvgIpc) is 3.17.